The lowest BCUT2D eigenvalue weighted by molar-refractivity contribution is 0.0384. The summed E-state index contributed by atoms with van der Waals surface area (Å²) in [6, 6.07) is 8.81. The summed E-state index contributed by atoms with van der Waals surface area (Å²) < 4.78 is 5.35. The van der Waals surface area contributed by atoms with Crippen molar-refractivity contribution in [1.29, 1.82) is 0 Å². The quantitative estimate of drug-likeness (QED) is 0.791. The van der Waals surface area contributed by atoms with Gasteiger partial charge in [0.1, 0.15) is 0 Å². The Labute approximate surface area is 109 Å². The first-order chi connectivity index (χ1) is 8.93. The second-order valence-electron chi connectivity index (χ2n) is 5.26. The van der Waals surface area contributed by atoms with Crippen LogP contribution in [0.25, 0.3) is 0 Å². The van der Waals surface area contributed by atoms with Gasteiger partial charge in [-0.2, -0.15) is 0 Å². The Morgan fingerprint density at radius 1 is 1.22 bits per heavy atom. The van der Waals surface area contributed by atoms with Crippen LogP contribution in [0.5, 0.6) is 0 Å². The highest BCUT2D eigenvalue weighted by Crippen LogP contribution is 2.33. The molecule has 1 aromatic rings. The first-order valence-electron chi connectivity index (χ1n) is 7.02. The number of benzene rings is 1. The molecule has 1 N–H and O–H groups in total. The third kappa shape index (κ3) is 2.74. The van der Waals surface area contributed by atoms with Gasteiger partial charge in [-0.25, -0.2) is 0 Å². The Kier molecular flexibility index (Phi) is 3.93. The largest absolute Gasteiger partial charge is 0.379 e. The third-order valence-electron chi connectivity index (χ3n) is 4.06. The second kappa shape index (κ2) is 5.83. The second-order valence-corrected chi connectivity index (χ2v) is 5.26. The van der Waals surface area contributed by atoms with E-state index in [4.69, 9.17) is 4.74 Å². The molecule has 1 heterocycles. The molecule has 18 heavy (non-hydrogen) atoms. The van der Waals surface area contributed by atoms with Gasteiger partial charge in [0, 0.05) is 38.6 Å². The summed E-state index contributed by atoms with van der Waals surface area (Å²) in [6.07, 6.45) is 1.25. The lowest BCUT2D eigenvalue weighted by Crippen LogP contribution is -2.41. The molecule has 1 aromatic carbocycles. The summed E-state index contributed by atoms with van der Waals surface area (Å²) in [5.41, 5.74) is 3.09. The van der Waals surface area contributed by atoms with Crippen molar-refractivity contribution in [1.82, 2.24) is 10.2 Å². The van der Waals surface area contributed by atoms with Crippen LogP contribution in [-0.2, 0) is 11.2 Å². The zero-order chi connectivity index (χ0) is 12.2. The molecule has 1 fully saturated rings. The highest BCUT2D eigenvalue weighted by atomic mass is 16.5. The zero-order valence-electron chi connectivity index (χ0n) is 10.9. The van der Waals surface area contributed by atoms with Gasteiger partial charge in [-0.05, 0) is 17.5 Å². The summed E-state index contributed by atoms with van der Waals surface area (Å²) in [5, 5.41) is 3.59. The Balaban J connectivity index is 1.34. The van der Waals surface area contributed by atoms with Crippen LogP contribution in [0.1, 0.15) is 17.0 Å². The average molecular weight is 246 g/mol. The third-order valence-corrected chi connectivity index (χ3v) is 4.06. The van der Waals surface area contributed by atoms with Crippen LogP contribution in [0.15, 0.2) is 24.3 Å². The number of hydrogen-bond donors (Lipinski definition) is 1. The van der Waals surface area contributed by atoms with Gasteiger partial charge in [0.15, 0.2) is 0 Å². The minimum atomic E-state index is 0.742. The fourth-order valence-electron chi connectivity index (χ4n) is 2.88. The van der Waals surface area contributed by atoms with Gasteiger partial charge >= 0.3 is 0 Å². The van der Waals surface area contributed by atoms with Crippen LogP contribution >= 0.6 is 0 Å². The summed E-state index contributed by atoms with van der Waals surface area (Å²) >= 11 is 0. The van der Waals surface area contributed by atoms with Gasteiger partial charge in [-0.15, -0.1) is 0 Å². The molecule has 3 nitrogen and oxygen atoms in total. The molecular weight excluding hydrogens is 224 g/mol. The maximum Gasteiger partial charge on any atom is 0.0594 e. The molecule has 0 radical (unpaired) electrons. The summed E-state index contributed by atoms with van der Waals surface area (Å²) in [4.78, 5) is 2.48. The predicted molar refractivity (Wildman–Crippen MR) is 73.0 cm³/mol. The molecule has 1 aliphatic heterocycles. The first kappa shape index (κ1) is 12.2. The van der Waals surface area contributed by atoms with Gasteiger partial charge in [0.2, 0.25) is 0 Å². The fourth-order valence-corrected chi connectivity index (χ4v) is 2.88. The van der Waals surface area contributed by atoms with Crippen molar-refractivity contribution in [3.05, 3.63) is 35.4 Å². The minimum Gasteiger partial charge on any atom is -0.379 e. The van der Waals surface area contributed by atoms with E-state index in [9.17, 15) is 0 Å². The van der Waals surface area contributed by atoms with Crippen molar-refractivity contribution < 1.29 is 4.74 Å². The van der Waals surface area contributed by atoms with Crippen molar-refractivity contribution in [2.75, 3.05) is 45.9 Å². The van der Waals surface area contributed by atoms with Gasteiger partial charge in [-0.1, -0.05) is 24.3 Å². The Hall–Kier alpha value is -0.900. The fraction of sp³-hybridized carbons (Fsp3) is 0.600. The number of morpholine rings is 1. The van der Waals surface area contributed by atoms with Gasteiger partial charge in [0.05, 0.1) is 13.2 Å². The highest BCUT2D eigenvalue weighted by Gasteiger charge is 2.24. The first-order valence-corrected chi connectivity index (χ1v) is 7.02. The van der Waals surface area contributed by atoms with E-state index in [-0.39, 0.29) is 0 Å². The van der Waals surface area contributed by atoms with Crippen LogP contribution in [0.4, 0.5) is 0 Å². The van der Waals surface area contributed by atoms with E-state index in [1.54, 1.807) is 5.56 Å². The number of nitrogens with one attached hydrogen (secondary N) is 1. The zero-order valence-corrected chi connectivity index (χ0v) is 10.9. The summed E-state index contributed by atoms with van der Waals surface area (Å²) in [6.45, 7) is 7.35. The Morgan fingerprint density at radius 3 is 2.89 bits per heavy atom. The van der Waals surface area contributed by atoms with Gasteiger partial charge < -0.3 is 10.1 Å². The lowest BCUT2D eigenvalue weighted by Gasteiger charge is -2.31. The minimum absolute atomic E-state index is 0.742. The van der Waals surface area contributed by atoms with E-state index in [1.165, 1.54) is 12.0 Å². The van der Waals surface area contributed by atoms with Crippen LogP contribution < -0.4 is 5.32 Å². The van der Waals surface area contributed by atoms with Crippen LogP contribution in [0.2, 0.25) is 0 Å². The molecule has 3 rings (SSSR count). The van der Waals surface area contributed by atoms with E-state index in [0.717, 1.165) is 51.9 Å². The molecule has 0 aromatic heterocycles. The SMILES string of the molecule is c1ccc2c(c1)CC2CNCCN1CCOCC1. The number of hydrogen-bond acceptors (Lipinski definition) is 3. The highest BCUT2D eigenvalue weighted by molar-refractivity contribution is 5.40. The smallest absolute Gasteiger partial charge is 0.0594 e. The molecule has 1 unspecified atom stereocenters. The molecule has 0 spiro atoms. The number of fused-ring (bicyclic) bond motifs is 1. The monoisotopic (exact) mass is 246 g/mol. The van der Waals surface area contributed by atoms with E-state index >= 15 is 0 Å². The van der Waals surface area contributed by atoms with E-state index in [1.807, 2.05) is 0 Å². The molecule has 2 aliphatic rings. The van der Waals surface area contributed by atoms with Crippen molar-refractivity contribution >= 4 is 0 Å². The summed E-state index contributed by atoms with van der Waals surface area (Å²) in [7, 11) is 0. The van der Waals surface area contributed by atoms with E-state index in [2.05, 4.69) is 34.5 Å². The van der Waals surface area contributed by atoms with Crippen LogP contribution in [0, 0.1) is 0 Å². The number of ether oxygens (including phenoxy) is 1. The van der Waals surface area contributed by atoms with Crippen molar-refractivity contribution in [2.45, 2.75) is 12.3 Å². The maximum absolute atomic E-state index is 5.35. The Morgan fingerprint density at radius 2 is 2.06 bits per heavy atom. The molecule has 1 aliphatic carbocycles. The molecule has 0 amide bonds. The number of nitrogens with zero attached hydrogens (tertiary/aromatic N) is 1. The molecule has 1 atom stereocenters. The molecule has 0 saturated carbocycles. The molecular formula is C15H22N2O. The lowest BCUT2D eigenvalue weighted by atomic mass is 9.78. The van der Waals surface area contributed by atoms with E-state index < -0.39 is 0 Å². The van der Waals surface area contributed by atoms with E-state index in [0.29, 0.717) is 0 Å². The average Bonchev–Trinajstić information content (AvgIpc) is 2.40. The van der Waals surface area contributed by atoms with Crippen molar-refractivity contribution in [3.63, 3.8) is 0 Å². The maximum atomic E-state index is 5.35. The molecule has 0 bridgehead atoms. The molecule has 3 heteroatoms. The van der Waals surface area contributed by atoms with Crippen LogP contribution in [0.3, 0.4) is 0 Å². The number of rotatable bonds is 5. The van der Waals surface area contributed by atoms with Gasteiger partial charge in [0.25, 0.3) is 0 Å². The predicted octanol–water partition coefficient (Wildman–Crippen LogP) is 1.25. The molecule has 98 valence electrons. The topological polar surface area (TPSA) is 24.5 Å². The molecule has 1 saturated heterocycles. The summed E-state index contributed by atoms with van der Waals surface area (Å²) in [5.74, 6) is 0.742. The van der Waals surface area contributed by atoms with Crippen molar-refractivity contribution in [2.24, 2.45) is 0 Å². The van der Waals surface area contributed by atoms with Crippen molar-refractivity contribution in [3.8, 4) is 0 Å². The standard InChI is InChI=1S/C15H22N2O/c1-2-4-15-13(3-1)11-14(15)12-16-5-6-17-7-9-18-10-8-17/h1-4,14,16H,5-12H2. The normalized spacial score (nSPS) is 23.4. The van der Waals surface area contributed by atoms with Gasteiger partial charge in [-0.3, -0.25) is 4.90 Å². The Bertz CT molecular complexity index is 388. The van der Waals surface area contributed by atoms with Crippen LogP contribution in [-0.4, -0.2) is 50.8 Å².